The van der Waals surface area contributed by atoms with Crippen LogP contribution in [0.3, 0.4) is 0 Å². The van der Waals surface area contributed by atoms with Gasteiger partial charge in [-0.2, -0.15) is 0 Å². The normalized spacial score (nSPS) is 15.9. The number of halogens is 3. The van der Waals surface area contributed by atoms with Crippen LogP contribution in [0.2, 0.25) is 5.02 Å². The maximum atomic E-state index is 13.4. The van der Waals surface area contributed by atoms with Crippen molar-refractivity contribution in [3.8, 4) is 5.69 Å². The fourth-order valence-corrected chi connectivity index (χ4v) is 3.75. The highest BCUT2D eigenvalue weighted by Crippen LogP contribution is 2.29. The van der Waals surface area contributed by atoms with Gasteiger partial charge in [-0.15, -0.1) is 0 Å². The molecule has 3 aromatic rings. The van der Waals surface area contributed by atoms with Crippen LogP contribution in [0.4, 0.5) is 8.78 Å². The number of amides is 1. The van der Waals surface area contributed by atoms with Gasteiger partial charge in [0.25, 0.3) is 11.8 Å². The van der Waals surface area contributed by atoms with Gasteiger partial charge in [-0.1, -0.05) is 11.6 Å². The lowest BCUT2D eigenvalue weighted by Gasteiger charge is -2.31. The van der Waals surface area contributed by atoms with Crippen LogP contribution in [0.25, 0.3) is 16.7 Å². The summed E-state index contributed by atoms with van der Waals surface area (Å²) in [5.74, 6) is -3.54. The molecule has 1 aliphatic heterocycles. The molecule has 3 heterocycles. The van der Waals surface area contributed by atoms with E-state index in [2.05, 4.69) is 4.98 Å². The van der Waals surface area contributed by atoms with Gasteiger partial charge in [0.15, 0.2) is 0 Å². The number of nitrogens with zero attached hydrogens (tertiary/aromatic N) is 3. The summed E-state index contributed by atoms with van der Waals surface area (Å²) in [7, 11) is 1.29. The molecule has 0 radical (unpaired) electrons. The van der Waals surface area contributed by atoms with Crippen LogP contribution in [0.1, 0.15) is 33.6 Å². The minimum absolute atomic E-state index is 0.0176. The van der Waals surface area contributed by atoms with Crippen LogP contribution in [0, 0.1) is 0 Å². The van der Waals surface area contributed by atoms with Crippen LogP contribution in [0.15, 0.2) is 42.7 Å². The second kappa shape index (κ2) is 7.68. The number of fused-ring (bicyclic) bond motifs is 1. The Labute approximate surface area is 176 Å². The van der Waals surface area contributed by atoms with Crippen molar-refractivity contribution in [2.45, 2.75) is 18.8 Å². The van der Waals surface area contributed by atoms with Gasteiger partial charge in [0.05, 0.1) is 18.2 Å². The van der Waals surface area contributed by atoms with Crippen LogP contribution in [-0.4, -0.2) is 52.4 Å². The minimum Gasteiger partial charge on any atom is -0.465 e. The molecule has 4 rings (SSSR count). The topological polar surface area (TPSA) is 64.4 Å². The second-order valence-electron chi connectivity index (χ2n) is 7.16. The van der Waals surface area contributed by atoms with Gasteiger partial charge in [0.2, 0.25) is 0 Å². The minimum atomic E-state index is -2.71. The molecule has 156 valence electrons. The van der Waals surface area contributed by atoms with Crippen LogP contribution >= 0.6 is 11.6 Å². The molecule has 1 aliphatic rings. The first-order valence-electron chi connectivity index (χ1n) is 9.31. The maximum Gasteiger partial charge on any atom is 0.337 e. The Morgan fingerprint density at radius 2 is 1.87 bits per heavy atom. The van der Waals surface area contributed by atoms with Crippen molar-refractivity contribution in [1.29, 1.82) is 0 Å². The summed E-state index contributed by atoms with van der Waals surface area (Å²) in [6, 6.07) is 8.28. The third-order valence-corrected chi connectivity index (χ3v) is 5.36. The third kappa shape index (κ3) is 3.87. The van der Waals surface area contributed by atoms with Crippen molar-refractivity contribution in [3.63, 3.8) is 0 Å². The number of methoxy groups -OCH3 is 1. The number of rotatable bonds is 3. The predicted octanol–water partition coefficient (Wildman–Crippen LogP) is 4.34. The van der Waals surface area contributed by atoms with Crippen molar-refractivity contribution < 1.29 is 23.1 Å². The molecule has 0 bridgehead atoms. The Balaban J connectivity index is 1.64. The molecule has 0 unspecified atom stereocenters. The number of hydrogen-bond acceptors (Lipinski definition) is 4. The average Bonchev–Trinajstić information content (AvgIpc) is 3.15. The van der Waals surface area contributed by atoms with Gasteiger partial charge in [0, 0.05) is 54.4 Å². The predicted molar refractivity (Wildman–Crippen MR) is 108 cm³/mol. The molecule has 9 heteroatoms. The zero-order valence-electron chi connectivity index (χ0n) is 16.1. The molecule has 0 saturated carbocycles. The van der Waals surface area contributed by atoms with Crippen molar-refractivity contribution in [2.75, 3.05) is 20.2 Å². The smallest absolute Gasteiger partial charge is 0.337 e. The molecule has 30 heavy (non-hydrogen) atoms. The Morgan fingerprint density at radius 3 is 2.57 bits per heavy atom. The molecule has 1 saturated heterocycles. The molecule has 0 N–H and O–H groups in total. The summed E-state index contributed by atoms with van der Waals surface area (Å²) >= 11 is 6.15. The van der Waals surface area contributed by atoms with Crippen molar-refractivity contribution in [2.24, 2.45) is 0 Å². The maximum absolute atomic E-state index is 13.4. The highest BCUT2D eigenvalue weighted by Gasteiger charge is 2.35. The highest BCUT2D eigenvalue weighted by atomic mass is 35.5. The number of carbonyl (C=O) groups excluding carboxylic acids is 2. The number of alkyl halides is 2. The number of pyridine rings is 1. The number of benzene rings is 1. The fraction of sp³-hybridized carbons (Fsp3) is 0.286. The monoisotopic (exact) mass is 433 g/mol. The van der Waals surface area contributed by atoms with Crippen molar-refractivity contribution >= 4 is 34.5 Å². The number of aromatic nitrogens is 2. The molecule has 6 nitrogen and oxygen atoms in total. The molecule has 0 spiro atoms. The summed E-state index contributed by atoms with van der Waals surface area (Å²) in [4.78, 5) is 30.4. The van der Waals surface area contributed by atoms with E-state index in [0.29, 0.717) is 32.9 Å². The molecule has 0 aliphatic carbocycles. The number of esters is 1. The summed E-state index contributed by atoms with van der Waals surface area (Å²) in [5.41, 5.74) is 1.82. The summed E-state index contributed by atoms with van der Waals surface area (Å²) in [6.45, 7) is 0.0351. The van der Waals surface area contributed by atoms with Gasteiger partial charge in [0.1, 0.15) is 5.65 Å². The van der Waals surface area contributed by atoms with E-state index in [1.165, 1.54) is 24.3 Å². The summed E-state index contributed by atoms with van der Waals surface area (Å²) < 4.78 is 33.2. The Kier molecular flexibility index (Phi) is 5.19. The first-order valence-corrected chi connectivity index (χ1v) is 9.69. The van der Waals surface area contributed by atoms with Gasteiger partial charge >= 0.3 is 5.97 Å². The number of piperidine rings is 1. The lowest BCUT2D eigenvalue weighted by molar-refractivity contribution is -0.0494. The summed E-state index contributed by atoms with van der Waals surface area (Å²) in [6.07, 6.45) is 2.52. The standard InChI is InChI=1S/C21H18ClF2N3O3/c1-30-20(29)14-9-16(22)11-17(10-14)27-5-2-13-8-15(12-25-18(13)27)19(28)26-6-3-21(23,24)4-7-26/h2,5,8-12H,3-4,6-7H2,1H3. The van der Waals surface area contributed by atoms with E-state index < -0.39 is 11.9 Å². The number of likely N-dealkylation sites (tertiary alicyclic amines) is 1. The van der Waals surface area contributed by atoms with E-state index >= 15 is 0 Å². The van der Waals surface area contributed by atoms with E-state index in [1.807, 2.05) is 0 Å². The summed E-state index contributed by atoms with van der Waals surface area (Å²) in [5, 5.41) is 1.06. The number of ether oxygens (including phenoxy) is 1. The van der Waals surface area contributed by atoms with E-state index in [1.54, 1.807) is 35.0 Å². The third-order valence-electron chi connectivity index (χ3n) is 5.14. The molecule has 1 aromatic carbocycles. The zero-order chi connectivity index (χ0) is 21.5. The quantitative estimate of drug-likeness (QED) is 0.576. The Bertz CT molecular complexity index is 1140. The lowest BCUT2D eigenvalue weighted by atomic mass is 10.1. The molecule has 0 atom stereocenters. The van der Waals surface area contributed by atoms with Crippen LogP contribution in [-0.2, 0) is 4.74 Å². The molecular formula is C21H18ClF2N3O3. The first-order chi connectivity index (χ1) is 14.3. The van der Waals surface area contributed by atoms with E-state index in [0.717, 1.165) is 0 Å². The van der Waals surface area contributed by atoms with Crippen LogP contribution in [0.5, 0.6) is 0 Å². The van der Waals surface area contributed by atoms with Gasteiger partial charge in [-0.3, -0.25) is 4.79 Å². The van der Waals surface area contributed by atoms with Crippen LogP contribution < -0.4 is 0 Å². The average molecular weight is 434 g/mol. The highest BCUT2D eigenvalue weighted by molar-refractivity contribution is 6.31. The number of carbonyl (C=O) groups is 2. The molecule has 1 amide bonds. The van der Waals surface area contributed by atoms with E-state index in [9.17, 15) is 18.4 Å². The van der Waals surface area contributed by atoms with Crippen molar-refractivity contribution in [1.82, 2.24) is 14.5 Å². The van der Waals surface area contributed by atoms with Gasteiger partial charge in [-0.25, -0.2) is 18.6 Å². The fourth-order valence-electron chi connectivity index (χ4n) is 3.52. The molecule has 2 aromatic heterocycles. The second-order valence-corrected chi connectivity index (χ2v) is 7.60. The van der Waals surface area contributed by atoms with Crippen molar-refractivity contribution in [3.05, 3.63) is 58.9 Å². The largest absolute Gasteiger partial charge is 0.465 e. The SMILES string of the molecule is COC(=O)c1cc(Cl)cc(-n2ccc3cc(C(=O)N4CCC(F)(F)CC4)cnc32)c1. The Morgan fingerprint density at radius 1 is 1.13 bits per heavy atom. The van der Waals surface area contributed by atoms with E-state index in [-0.39, 0.29) is 31.8 Å². The number of hydrogen-bond donors (Lipinski definition) is 0. The molecular weight excluding hydrogens is 416 g/mol. The van der Waals surface area contributed by atoms with Gasteiger partial charge in [-0.05, 0) is 30.3 Å². The Hall–Kier alpha value is -3.00. The molecule has 1 fully saturated rings. The lowest BCUT2D eigenvalue weighted by Crippen LogP contribution is -2.42. The zero-order valence-corrected chi connectivity index (χ0v) is 16.8. The first kappa shape index (κ1) is 20.3. The van der Waals surface area contributed by atoms with E-state index in [4.69, 9.17) is 16.3 Å². The van der Waals surface area contributed by atoms with Gasteiger partial charge < -0.3 is 14.2 Å².